The molecule has 1 atom stereocenters. The Morgan fingerprint density at radius 2 is 2.11 bits per heavy atom. The molecule has 1 aromatic rings. The Labute approximate surface area is 108 Å². The molecule has 1 fully saturated rings. The summed E-state index contributed by atoms with van der Waals surface area (Å²) in [4.78, 5) is 12.1. The minimum atomic E-state index is -0.581. The summed E-state index contributed by atoms with van der Waals surface area (Å²) in [6.07, 6.45) is 3.32. The van der Waals surface area contributed by atoms with Crippen molar-refractivity contribution in [3.63, 3.8) is 0 Å². The van der Waals surface area contributed by atoms with Crippen molar-refractivity contribution in [2.75, 3.05) is 0 Å². The molecule has 0 heterocycles. The summed E-state index contributed by atoms with van der Waals surface area (Å²) in [7, 11) is 0. The zero-order chi connectivity index (χ0) is 13.0. The van der Waals surface area contributed by atoms with E-state index < -0.39 is 5.54 Å². The van der Waals surface area contributed by atoms with Crippen LogP contribution in [-0.2, 0) is 11.2 Å². The molecule has 1 N–H and O–H groups in total. The summed E-state index contributed by atoms with van der Waals surface area (Å²) in [6.45, 7) is 1.91. The maximum absolute atomic E-state index is 12.1. The first-order valence-electron chi connectivity index (χ1n) is 6.42. The van der Waals surface area contributed by atoms with E-state index in [0.717, 1.165) is 24.8 Å². The number of carbonyl (C=O) groups is 1. The van der Waals surface area contributed by atoms with Crippen LogP contribution in [-0.4, -0.2) is 11.4 Å². The number of nitrogens with one attached hydrogen (secondary N) is 1. The third kappa shape index (κ3) is 2.70. The molecule has 0 spiro atoms. The summed E-state index contributed by atoms with van der Waals surface area (Å²) in [5, 5.41) is 12.0. The quantitative estimate of drug-likeness (QED) is 0.881. The Hall–Kier alpha value is -1.82. The number of carbonyl (C=O) groups excluding carboxylic acids is 1. The molecular formula is C15H18N2O. The van der Waals surface area contributed by atoms with Crippen molar-refractivity contribution in [3.05, 3.63) is 35.9 Å². The molecule has 0 unspecified atom stereocenters. The van der Waals surface area contributed by atoms with Gasteiger partial charge in [-0.2, -0.15) is 5.26 Å². The normalized spacial score (nSPS) is 18.2. The first-order valence-corrected chi connectivity index (χ1v) is 6.42. The minimum absolute atomic E-state index is 0.0138. The second kappa shape index (κ2) is 5.22. The van der Waals surface area contributed by atoms with E-state index in [4.69, 9.17) is 5.26 Å². The lowest BCUT2D eigenvalue weighted by Gasteiger charge is -2.36. The van der Waals surface area contributed by atoms with Crippen LogP contribution in [0.4, 0.5) is 0 Å². The molecule has 0 aromatic heterocycles. The van der Waals surface area contributed by atoms with Crippen LogP contribution < -0.4 is 5.32 Å². The molecule has 0 saturated heterocycles. The largest absolute Gasteiger partial charge is 0.338 e. The summed E-state index contributed by atoms with van der Waals surface area (Å²) >= 11 is 0. The van der Waals surface area contributed by atoms with Crippen molar-refractivity contribution >= 4 is 5.91 Å². The fourth-order valence-corrected chi connectivity index (χ4v) is 2.21. The molecule has 0 aliphatic heterocycles. The Morgan fingerprint density at radius 3 is 2.61 bits per heavy atom. The first-order chi connectivity index (χ1) is 8.65. The third-order valence-electron chi connectivity index (χ3n) is 3.62. The van der Waals surface area contributed by atoms with Gasteiger partial charge in [-0.25, -0.2) is 0 Å². The van der Waals surface area contributed by atoms with Crippen LogP contribution in [0.25, 0.3) is 0 Å². The molecule has 1 aliphatic carbocycles. The zero-order valence-electron chi connectivity index (χ0n) is 10.6. The van der Waals surface area contributed by atoms with Gasteiger partial charge in [-0.05, 0) is 31.2 Å². The van der Waals surface area contributed by atoms with Gasteiger partial charge >= 0.3 is 0 Å². The van der Waals surface area contributed by atoms with Crippen molar-refractivity contribution in [1.82, 2.24) is 5.32 Å². The van der Waals surface area contributed by atoms with E-state index in [1.54, 1.807) is 0 Å². The summed E-state index contributed by atoms with van der Waals surface area (Å²) in [6, 6.07) is 12.2. The van der Waals surface area contributed by atoms with Crippen LogP contribution in [0.2, 0.25) is 0 Å². The van der Waals surface area contributed by atoms with Gasteiger partial charge in [0.25, 0.3) is 0 Å². The molecule has 3 nitrogen and oxygen atoms in total. The Bertz CT molecular complexity index is 457. The van der Waals surface area contributed by atoms with Crippen LogP contribution in [0.1, 0.15) is 31.7 Å². The summed E-state index contributed by atoms with van der Waals surface area (Å²) < 4.78 is 0. The SMILES string of the molecule is C[C@@H](Cc1ccccc1)C(=O)NC1(C#N)CCC1. The molecule has 1 saturated carbocycles. The fraction of sp³-hybridized carbons (Fsp3) is 0.467. The lowest BCUT2D eigenvalue weighted by atomic mass is 9.77. The minimum Gasteiger partial charge on any atom is -0.338 e. The number of nitriles is 1. The van der Waals surface area contributed by atoms with Gasteiger partial charge in [-0.15, -0.1) is 0 Å². The number of rotatable bonds is 4. The van der Waals surface area contributed by atoms with Gasteiger partial charge in [-0.1, -0.05) is 37.3 Å². The first kappa shape index (κ1) is 12.6. The van der Waals surface area contributed by atoms with E-state index in [2.05, 4.69) is 11.4 Å². The molecule has 0 bridgehead atoms. The molecule has 2 rings (SSSR count). The van der Waals surface area contributed by atoms with Crippen LogP contribution in [0, 0.1) is 17.2 Å². The number of hydrogen-bond donors (Lipinski definition) is 1. The second-order valence-corrected chi connectivity index (χ2v) is 5.13. The number of benzene rings is 1. The highest BCUT2D eigenvalue weighted by atomic mass is 16.2. The topological polar surface area (TPSA) is 52.9 Å². The van der Waals surface area contributed by atoms with E-state index in [9.17, 15) is 4.79 Å². The zero-order valence-corrected chi connectivity index (χ0v) is 10.6. The highest BCUT2D eigenvalue weighted by molar-refractivity contribution is 5.80. The van der Waals surface area contributed by atoms with Crippen LogP contribution in [0.5, 0.6) is 0 Å². The predicted octanol–water partition coefficient (Wildman–Crippen LogP) is 2.43. The third-order valence-corrected chi connectivity index (χ3v) is 3.62. The molecule has 1 aliphatic rings. The lowest BCUT2D eigenvalue weighted by Crippen LogP contribution is -2.53. The molecule has 1 aromatic carbocycles. The average molecular weight is 242 g/mol. The van der Waals surface area contributed by atoms with E-state index in [1.807, 2.05) is 37.3 Å². The lowest BCUT2D eigenvalue weighted by molar-refractivity contribution is -0.126. The standard InChI is InChI=1S/C15H18N2O/c1-12(10-13-6-3-2-4-7-13)14(18)17-15(11-16)8-5-9-15/h2-4,6-7,12H,5,8-10H2,1H3,(H,17,18)/t12-/m0/s1. The molecule has 0 radical (unpaired) electrons. The van der Waals surface area contributed by atoms with Crippen LogP contribution in [0.15, 0.2) is 30.3 Å². The number of nitrogens with zero attached hydrogens (tertiary/aromatic N) is 1. The fourth-order valence-electron chi connectivity index (χ4n) is 2.21. The maximum atomic E-state index is 12.1. The highest BCUT2D eigenvalue weighted by Crippen LogP contribution is 2.31. The smallest absolute Gasteiger partial charge is 0.224 e. The van der Waals surface area contributed by atoms with Crippen molar-refractivity contribution in [2.24, 2.45) is 5.92 Å². The van der Waals surface area contributed by atoms with E-state index in [1.165, 1.54) is 0 Å². The molecule has 1 amide bonds. The summed E-state index contributed by atoms with van der Waals surface area (Å²) in [5.41, 5.74) is 0.571. The van der Waals surface area contributed by atoms with Crippen molar-refractivity contribution < 1.29 is 4.79 Å². The van der Waals surface area contributed by atoms with Crippen molar-refractivity contribution in [2.45, 2.75) is 38.1 Å². The van der Waals surface area contributed by atoms with Crippen LogP contribution in [0.3, 0.4) is 0 Å². The van der Waals surface area contributed by atoms with Gasteiger partial charge in [0.1, 0.15) is 5.54 Å². The van der Waals surface area contributed by atoms with Gasteiger partial charge < -0.3 is 5.32 Å². The van der Waals surface area contributed by atoms with Gasteiger partial charge in [0.2, 0.25) is 5.91 Å². The van der Waals surface area contributed by atoms with Gasteiger partial charge in [0.15, 0.2) is 0 Å². The highest BCUT2D eigenvalue weighted by Gasteiger charge is 2.39. The molecule has 18 heavy (non-hydrogen) atoms. The molecular weight excluding hydrogens is 224 g/mol. The Balaban J connectivity index is 1.91. The Kier molecular flexibility index (Phi) is 3.66. The van der Waals surface area contributed by atoms with E-state index in [0.29, 0.717) is 6.42 Å². The van der Waals surface area contributed by atoms with Crippen molar-refractivity contribution in [3.8, 4) is 6.07 Å². The van der Waals surface area contributed by atoms with E-state index >= 15 is 0 Å². The Morgan fingerprint density at radius 1 is 1.44 bits per heavy atom. The van der Waals surface area contributed by atoms with Crippen LogP contribution >= 0.6 is 0 Å². The summed E-state index contributed by atoms with van der Waals surface area (Å²) in [5.74, 6) is -0.113. The van der Waals surface area contributed by atoms with Gasteiger partial charge in [-0.3, -0.25) is 4.79 Å². The molecule has 94 valence electrons. The van der Waals surface area contributed by atoms with Gasteiger partial charge in [0, 0.05) is 5.92 Å². The average Bonchev–Trinajstić information content (AvgIpc) is 2.34. The number of hydrogen-bond acceptors (Lipinski definition) is 2. The molecule has 3 heteroatoms. The van der Waals surface area contributed by atoms with E-state index in [-0.39, 0.29) is 11.8 Å². The van der Waals surface area contributed by atoms with Crippen molar-refractivity contribution in [1.29, 1.82) is 5.26 Å². The number of amides is 1. The predicted molar refractivity (Wildman–Crippen MR) is 69.6 cm³/mol. The monoisotopic (exact) mass is 242 g/mol. The maximum Gasteiger partial charge on any atom is 0.224 e. The second-order valence-electron chi connectivity index (χ2n) is 5.13. The van der Waals surface area contributed by atoms with Gasteiger partial charge in [0.05, 0.1) is 6.07 Å².